The van der Waals surface area contributed by atoms with Gasteiger partial charge in [0, 0.05) is 12.3 Å². The van der Waals surface area contributed by atoms with Crippen molar-refractivity contribution in [2.45, 2.75) is 26.7 Å². The van der Waals surface area contributed by atoms with Crippen molar-refractivity contribution >= 4 is 5.71 Å². The Morgan fingerprint density at radius 1 is 1.58 bits per heavy atom. The molecule has 0 radical (unpaired) electrons. The van der Waals surface area contributed by atoms with Gasteiger partial charge in [0.15, 0.2) is 0 Å². The molecule has 0 aromatic rings. The third-order valence-electron chi connectivity index (χ3n) is 1.80. The molecule has 0 aromatic carbocycles. The molecular formula is C10H16N2. The summed E-state index contributed by atoms with van der Waals surface area (Å²) in [4.78, 5) is 4.40. The zero-order valence-corrected chi connectivity index (χ0v) is 7.85. The topological polar surface area (TPSA) is 24.4 Å². The molecule has 1 N–H and O–H groups in total. The molecule has 66 valence electrons. The molecule has 0 spiro atoms. The van der Waals surface area contributed by atoms with Crippen LogP contribution in [0.3, 0.4) is 0 Å². The van der Waals surface area contributed by atoms with E-state index >= 15 is 0 Å². The zero-order chi connectivity index (χ0) is 8.97. The molecule has 0 atom stereocenters. The Labute approximate surface area is 74.1 Å². The smallest absolute Gasteiger partial charge is 0.129 e. The van der Waals surface area contributed by atoms with Gasteiger partial charge < -0.3 is 5.32 Å². The van der Waals surface area contributed by atoms with E-state index in [9.17, 15) is 0 Å². The highest BCUT2D eigenvalue weighted by Gasteiger charge is 2.07. The summed E-state index contributed by atoms with van der Waals surface area (Å²) in [5.74, 6) is 1.01. The van der Waals surface area contributed by atoms with Crippen molar-refractivity contribution in [2.75, 3.05) is 6.54 Å². The quantitative estimate of drug-likeness (QED) is 0.622. The van der Waals surface area contributed by atoms with Crippen LogP contribution in [0.4, 0.5) is 0 Å². The Kier molecular flexibility index (Phi) is 3.09. The van der Waals surface area contributed by atoms with Crippen molar-refractivity contribution < 1.29 is 0 Å². The van der Waals surface area contributed by atoms with Crippen molar-refractivity contribution in [1.82, 2.24) is 5.32 Å². The van der Waals surface area contributed by atoms with Crippen molar-refractivity contribution in [2.24, 2.45) is 4.99 Å². The standard InChI is InChI=1S/C10H16N2/c1-4-9-6-5-7-11-10(9)12-8(2)3/h4,11H,1,5-7H2,2-3H3. The first-order valence-electron chi connectivity index (χ1n) is 4.35. The second-order valence-electron chi connectivity index (χ2n) is 3.17. The molecule has 0 unspecified atom stereocenters. The van der Waals surface area contributed by atoms with Gasteiger partial charge in [-0.15, -0.1) is 0 Å². The first-order valence-corrected chi connectivity index (χ1v) is 4.35. The Bertz CT molecular complexity index is 232. The minimum Gasteiger partial charge on any atom is -0.370 e. The first-order chi connectivity index (χ1) is 5.74. The predicted octanol–water partition coefficient (Wildman–Crippen LogP) is 2.25. The molecule has 2 heteroatoms. The van der Waals surface area contributed by atoms with Crippen LogP contribution in [-0.4, -0.2) is 12.3 Å². The van der Waals surface area contributed by atoms with Gasteiger partial charge in [-0.25, -0.2) is 4.99 Å². The average molecular weight is 164 g/mol. The minimum absolute atomic E-state index is 1.01. The summed E-state index contributed by atoms with van der Waals surface area (Å²) in [7, 11) is 0. The molecule has 0 saturated heterocycles. The van der Waals surface area contributed by atoms with Crippen LogP contribution in [0.15, 0.2) is 29.0 Å². The monoisotopic (exact) mass is 164 g/mol. The lowest BCUT2D eigenvalue weighted by atomic mass is 10.1. The van der Waals surface area contributed by atoms with Gasteiger partial charge >= 0.3 is 0 Å². The highest BCUT2D eigenvalue weighted by atomic mass is 15.0. The van der Waals surface area contributed by atoms with Crippen LogP contribution in [0.2, 0.25) is 0 Å². The van der Waals surface area contributed by atoms with Gasteiger partial charge in [0.1, 0.15) is 5.82 Å². The number of nitrogens with zero attached hydrogens (tertiary/aromatic N) is 1. The van der Waals surface area contributed by atoms with Crippen LogP contribution >= 0.6 is 0 Å². The summed E-state index contributed by atoms with van der Waals surface area (Å²) in [5, 5.41) is 3.27. The molecule has 0 bridgehead atoms. The van der Waals surface area contributed by atoms with Crippen molar-refractivity contribution in [3.8, 4) is 0 Å². The molecule has 0 saturated carbocycles. The van der Waals surface area contributed by atoms with Crippen LogP contribution in [0.25, 0.3) is 0 Å². The lowest BCUT2D eigenvalue weighted by molar-refractivity contribution is 0.665. The molecule has 0 fully saturated rings. The lowest BCUT2D eigenvalue weighted by Crippen LogP contribution is -2.20. The fourth-order valence-corrected chi connectivity index (χ4v) is 1.25. The van der Waals surface area contributed by atoms with Gasteiger partial charge in [0.2, 0.25) is 0 Å². The van der Waals surface area contributed by atoms with Gasteiger partial charge in [0.25, 0.3) is 0 Å². The van der Waals surface area contributed by atoms with Crippen LogP contribution in [0.5, 0.6) is 0 Å². The van der Waals surface area contributed by atoms with Crippen molar-refractivity contribution in [3.05, 3.63) is 24.0 Å². The molecule has 0 aromatic heterocycles. The number of hydrogen-bond donors (Lipinski definition) is 1. The molecule has 12 heavy (non-hydrogen) atoms. The Hall–Kier alpha value is -1.05. The van der Waals surface area contributed by atoms with E-state index in [1.54, 1.807) is 0 Å². The minimum atomic E-state index is 1.01. The number of hydrogen-bond acceptors (Lipinski definition) is 2. The number of nitrogens with one attached hydrogen (secondary N) is 1. The summed E-state index contributed by atoms with van der Waals surface area (Å²) in [6, 6.07) is 0. The second-order valence-corrected chi connectivity index (χ2v) is 3.17. The lowest BCUT2D eigenvalue weighted by Gasteiger charge is -2.16. The van der Waals surface area contributed by atoms with E-state index in [2.05, 4.69) is 16.9 Å². The van der Waals surface area contributed by atoms with Gasteiger partial charge in [-0.05, 0) is 32.3 Å². The summed E-state index contributed by atoms with van der Waals surface area (Å²) < 4.78 is 0. The van der Waals surface area contributed by atoms with E-state index in [-0.39, 0.29) is 0 Å². The van der Waals surface area contributed by atoms with E-state index in [4.69, 9.17) is 0 Å². The van der Waals surface area contributed by atoms with E-state index < -0.39 is 0 Å². The first kappa shape index (κ1) is 9.04. The van der Waals surface area contributed by atoms with E-state index in [0.717, 1.165) is 24.5 Å². The Morgan fingerprint density at radius 2 is 2.33 bits per heavy atom. The maximum atomic E-state index is 4.40. The van der Waals surface area contributed by atoms with Crippen molar-refractivity contribution in [3.63, 3.8) is 0 Å². The maximum absolute atomic E-state index is 4.40. The maximum Gasteiger partial charge on any atom is 0.129 e. The highest BCUT2D eigenvalue weighted by molar-refractivity contribution is 5.80. The van der Waals surface area contributed by atoms with Gasteiger partial charge in [-0.2, -0.15) is 0 Å². The molecule has 1 heterocycles. The fraction of sp³-hybridized carbons (Fsp3) is 0.500. The zero-order valence-electron chi connectivity index (χ0n) is 7.85. The second kappa shape index (κ2) is 4.10. The number of rotatable bonds is 2. The Balaban J connectivity index is 2.87. The molecule has 2 nitrogen and oxygen atoms in total. The van der Waals surface area contributed by atoms with E-state index in [1.807, 2.05) is 19.9 Å². The number of aliphatic imine (C=N–C) groups is 1. The molecule has 0 aliphatic carbocycles. The predicted molar refractivity (Wildman–Crippen MR) is 53.2 cm³/mol. The molecule has 1 rings (SSSR count). The average Bonchev–Trinajstić information content (AvgIpc) is 2.04. The van der Waals surface area contributed by atoms with Gasteiger partial charge in [-0.1, -0.05) is 12.7 Å². The van der Waals surface area contributed by atoms with Crippen LogP contribution in [-0.2, 0) is 0 Å². The number of allylic oxidation sites excluding steroid dienone is 2. The third-order valence-corrected chi connectivity index (χ3v) is 1.80. The summed E-state index contributed by atoms with van der Waals surface area (Å²) in [6.07, 6.45) is 4.18. The summed E-state index contributed by atoms with van der Waals surface area (Å²) in [5.41, 5.74) is 2.32. The van der Waals surface area contributed by atoms with Gasteiger partial charge in [0.05, 0.1) is 0 Å². The van der Waals surface area contributed by atoms with Crippen LogP contribution in [0.1, 0.15) is 26.7 Å². The Morgan fingerprint density at radius 3 is 2.92 bits per heavy atom. The fourth-order valence-electron chi connectivity index (χ4n) is 1.25. The van der Waals surface area contributed by atoms with Crippen molar-refractivity contribution in [1.29, 1.82) is 0 Å². The largest absolute Gasteiger partial charge is 0.370 e. The van der Waals surface area contributed by atoms with Crippen LogP contribution < -0.4 is 5.32 Å². The molecule has 1 aliphatic heterocycles. The summed E-state index contributed by atoms with van der Waals surface area (Å²) >= 11 is 0. The normalized spacial score (nSPS) is 16.8. The van der Waals surface area contributed by atoms with E-state index in [1.165, 1.54) is 12.0 Å². The van der Waals surface area contributed by atoms with Crippen LogP contribution in [0, 0.1) is 0 Å². The van der Waals surface area contributed by atoms with Gasteiger partial charge in [-0.3, -0.25) is 0 Å². The summed E-state index contributed by atoms with van der Waals surface area (Å²) in [6.45, 7) is 8.81. The molecule has 1 aliphatic rings. The highest BCUT2D eigenvalue weighted by Crippen LogP contribution is 2.16. The molecular weight excluding hydrogens is 148 g/mol. The third kappa shape index (κ3) is 2.22. The molecule has 0 amide bonds. The SMILES string of the molecule is C=CC1=C(N=C(C)C)NCCC1. The van der Waals surface area contributed by atoms with E-state index in [0.29, 0.717) is 0 Å².